The Labute approximate surface area is 268 Å². The Morgan fingerprint density at radius 3 is 2.63 bits per heavy atom. The first-order valence-corrected chi connectivity index (χ1v) is 16.7. The summed E-state index contributed by atoms with van der Waals surface area (Å²) in [6.45, 7) is 9.15. The van der Waals surface area contributed by atoms with Crippen LogP contribution in [0.15, 0.2) is 29.1 Å². The fraction of sp³-hybridized carbons (Fsp3) is 0.543. The maximum absolute atomic E-state index is 13.6. The minimum atomic E-state index is -1.88. The van der Waals surface area contributed by atoms with Gasteiger partial charge in [0.1, 0.15) is 18.6 Å². The number of aliphatic hydroxyl groups is 1. The Bertz CT molecular complexity index is 1760. The lowest BCUT2D eigenvalue weighted by Gasteiger charge is -2.43. The number of benzene rings is 1. The summed E-state index contributed by atoms with van der Waals surface area (Å²) < 4.78 is 18.9. The summed E-state index contributed by atoms with van der Waals surface area (Å²) in [4.78, 5) is 48.9. The minimum absolute atomic E-state index is 0.0865. The zero-order valence-corrected chi connectivity index (χ0v) is 26.8. The number of rotatable bonds is 6. The number of hydrogen-bond donors (Lipinski definition) is 1. The van der Waals surface area contributed by atoms with E-state index in [2.05, 4.69) is 4.90 Å². The molecular weight excluding hydrogens is 588 g/mol. The normalized spacial score (nSPS) is 24.3. The smallest absolute Gasteiger partial charge is 0.417 e. The maximum atomic E-state index is 13.6. The average Bonchev–Trinajstić information content (AvgIpc) is 3.44. The third-order valence-corrected chi connectivity index (χ3v) is 10.4. The average molecular weight is 631 g/mol. The van der Waals surface area contributed by atoms with Gasteiger partial charge in [0, 0.05) is 42.1 Å². The lowest BCUT2D eigenvalue weighted by Crippen LogP contribution is -2.54. The van der Waals surface area contributed by atoms with Gasteiger partial charge in [0.05, 0.1) is 29.0 Å². The van der Waals surface area contributed by atoms with Crippen LogP contribution in [0.25, 0.3) is 22.3 Å². The molecule has 2 unspecified atom stereocenters. The summed E-state index contributed by atoms with van der Waals surface area (Å²) in [6, 6.07) is 7.57. The molecule has 11 heteroatoms. The number of piperidine rings is 2. The lowest BCUT2D eigenvalue weighted by molar-refractivity contribution is -0.172. The molecule has 1 aromatic carbocycles. The van der Waals surface area contributed by atoms with Crippen molar-refractivity contribution in [2.45, 2.75) is 96.7 Å². The number of nitrogens with zero attached hydrogens (tertiary/aromatic N) is 4. The third-order valence-electron chi connectivity index (χ3n) is 10.4. The molecule has 1 N–H and O–H groups in total. The zero-order chi connectivity index (χ0) is 32.2. The number of amides is 1. The number of cyclic esters (lactones) is 1. The van der Waals surface area contributed by atoms with Gasteiger partial charge < -0.3 is 28.8 Å². The van der Waals surface area contributed by atoms with Crippen LogP contribution in [0, 0.1) is 0 Å². The minimum Gasteiger partial charge on any atom is -0.458 e. The lowest BCUT2D eigenvalue weighted by atomic mass is 9.86. The number of carbonyl (C=O) groups is 2. The van der Waals surface area contributed by atoms with Crippen molar-refractivity contribution in [3.8, 4) is 17.1 Å². The first-order valence-electron chi connectivity index (χ1n) is 16.7. The summed E-state index contributed by atoms with van der Waals surface area (Å²) in [5.74, 6) is -0.319. The van der Waals surface area contributed by atoms with Gasteiger partial charge in [0.15, 0.2) is 5.60 Å². The SMILES string of the molecule is CCOC1CC(N2CCCCC2)CCN1C(=O)Oc1ccc2nc3c(c(CC)c2c1)Cn1c-3cc2c(c1=O)COC(=O)[C@]2(O)CC. The summed E-state index contributed by atoms with van der Waals surface area (Å²) in [5, 5.41) is 12.0. The second kappa shape index (κ2) is 12.1. The molecule has 0 spiro atoms. The van der Waals surface area contributed by atoms with Gasteiger partial charge in [-0.2, -0.15) is 0 Å². The number of carbonyl (C=O) groups excluding carboxylic acids is 2. The fourth-order valence-electron chi connectivity index (χ4n) is 7.85. The zero-order valence-electron chi connectivity index (χ0n) is 26.8. The van der Waals surface area contributed by atoms with Crippen molar-refractivity contribution in [2.75, 3.05) is 26.2 Å². The van der Waals surface area contributed by atoms with Crippen LogP contribution in [0.1, 0.15) is 81.5 Å². The molecule has 2 fully saturated rings. The van der Waals surface area contributed by atoms with E-state index in [-0.39, 0.29) is 24.8 Å². The quantitative estimate of drug-likeness (QED) is 0.308. The number of esters is 1. The second-order valence-corrected chi connectivity index (χ2v) is 12.8. The van der Waals surface area contributed by atoms with Crippen LogP contribution >= 0.6 is 0 Å². The number of ether oxygens (including phenoxy) is 3. The van der Waals surface area contributed by atoms with Gasteiger partial charge in [0.2, 0.25) is 0 Å². The van der Waals surface area contributed by atoms with Gasteiger partial charge in [-0.1, -0.05) is 20.3 Å². The first kappa shape index (κ1) is 30.8. The predicted molar refractivity (Wildman–Crippen MR) is 170 cm³/mol. The van der Waals surface area contributed by atoms with Crippen LogP contribution in [0.2, 0.25) is 0 Å². The van der Waals surface area contributed by atoms with Crippen LogP contribution in [-0.2, 0) is 39.4 Å². The Morgan fingerprint density at radius 1 is 1.09 bits per heavy atom. The van der Waals surface area contributed by atoms with Crippen molar-refractivity contribution in [1.29, 1.82) is 0 Å². The first-order chi connectivity index (χ1) is 22.3. The van der Waals surface area contributed by atoms with Crippen LogP contribution in [0.5, 0.6) is 5.75 Å². The molecular formula is C35H42N4O7. The molecule has 4 aliphatic rings. The van der Waals surface area contributed by atoms with E-state index in [0.29, 0.717) is 65.9 Å². The van der Waals surface area contributed by atoms with Gasteiger partial charge in [-0.25, -0.2) is 14.6 Å². The van der Waals surface area contributed by atoms with Crippen molar-refractivity contribution in [1.82, 2.24) is 19.4 Å². The number of aryl methyl sites for hydroxylation is 1. The summed E-state index contributed by atoms with van der Waals surface area (Å²) in [5.41, 5.74) is 2.26. The molecule has 244 valence electrons. The molecule has 7 rings (SSSR count). The van der Waals surface area contributed by atoms with E-state index < -0.39 is 17.7 Å². The molecule has 0 aliphatic carbocycles. The van der Waals surface area contributed by atoms with Gasteiger partial charge in [-0.15, -0.1) is 0 Å². The molecule has 0 saturated carbocycles. The summed E-state index contributed by atoms with van der Waals surface area (Å²) in [6.07, 6.45) is 5.40. The van der Waals surface area contributed by atoms with E-state index in [0.717, 1.165) is 42.4 Å². The number of hydrogen-bond acceptors (Lipinski definition) is 9. The van der Waals surface area contributed by atoms with Crippen LogP contribution < -0.4 is 10.3 Å². The van der Waals surface area contributed by atoms with Crippen LogP contribution in [0.4, 0.5) is 4.79 Å². The van der Waals surface area contributed by atoms with Crippen LogP contribution in [-0.4, -0.2) is 75.0 Å². The number of fused-ring (bicyclic) bond motifs is 5. The molecule has 6 heterocycles. The van der Waals surface area contributed by atoms with E-state index in [1.54, 1.807) is 28.5 Å². The highest BCUT2D eigenvalue weighted by Crippen LogP contribution is 2.41. The maximum Gasteiger partial charge on any atom is 0.417 e. The summed E-state index contributed by atoms with van der Waals surface area (Å²) in [7, 11) is 0. The topological polar surface area (TPSA) is 123 Å². The summed E-state index contributed by atoms with van der Waals surface area (Å²) >= 11 is 0. The molecule has 2 saturated heterocycles. The second-order valence-electron chi connectivity index (χ2n) is 12.8. The Morgan fingerprint density at radius 2 is 1.89 bits per heavy atom. The fourth-order valence-corrected chi connectivity index (χ4v) is 7.85. The molecule has 1 amide bonds. The van der Waals surface area contributed by atoms with Gasteiger partial charge in [-0.3, -0.25) is 9.69 Å². The molecule has 3 atom stereocenters. The molecule has 3 aromatic rings. The Balaban J connectivity index is 1.18. The van der Waals surface area contributed by atoms with Gasteiger partial charge >= 0.3 is 12.1 Å². The van der Waals surface area contributed by atoms with Crippen molar-refractivity contribution in [3.63, 3.8) is 0 Å². The molecule has 46 heavy (non-hydrogen) atoms. The molecule has 11 nitrogen and oxygen atoms in total. The van der Waals surface area contributed by atoms with E-state index in [1.165, 1.54) is 19.3 Å². The van der Waals surface area contributed by atoms with E-state index in [1.807, 2.05) is 26.0 Å². The molecule has 4 aliphatic heterocycles. The molecule has 2 aromatic heterocycles. The predicted octanol–water partition coefficient (Wildman–Crippen LogP) is 4.45. The Hall–Kier alpha value is -3.80. The largest absolute Gasteiger partial charge is 0.458 e. The van der Waals surface area contributed by atoms with Crippen molar-refractivity contribution < 1.29 is 28.9 Å². The van der Waals surface area contributed by atoms with Gasteiger partial charge in [-0.05, 0) is 81.9 Å². The van der Waals surface area contributed by atoms with Crippen molar-refractivity contribution in [3.05, 3.63) is 56.9 Å². The van der Waals surface area contributed by atoms with Gasteiger partial charge in [0.25, 0.3) is 5.56 Å². The highest BCUT2D eigenvalue weighted by Gasteiger charge is 2.45. The van der Waals surface area contributed by atoms with Crippen LogP contribution in [0.3, 0.4) is 0 Å². The number of likely N-dealkylation sites (tertiary alicyclic amines) is 2. The van der Waals surface area contributed by atoms with E-state index in [9.17, 15) is 19.5 Å². The van der Waals surface area contributed by atoms with E-state index >= 15 is 0 Å². The highest BCUT2D eigenvalue weighted by atomic mass is 16.6. The van der Waals surface area contributed by atoms with Crippen molar-refractivity contribution in [2.24, 2.45) is 0 Å². The highest BCUT2D eigenvalue weighted by molar-refractivity contribution is 5.90. The van der Waals surface area contributed by atoms with E-state index in [4.69, 9.17) is 19.2 Å². The standard InChI is InChI=1S/C35H42N4O7/c1-4-23-24-17-22(46-34(42)38-15-12-21(16-30(38)44-6-3)37-13-8-7-9-14-37)10-11-28(24)36-31-25(23)19-39-29(31)18-27-26(32(39)40)20-45-33(41)35(27,43)5-2/h10-11,17-18,21,30,43H,4-9,12-16,19-20H2,1-3H3/t21?,30?,35-/m0/s1. The number of aromatic nitrogens is 2. The Kier molecular flexibility index (Phi) is 8.11. The van der Waals surface area contributed by atoms with Crippen molar-refractivity contribution >= 4 is 23.0 Å². The molecule has 0 radical (unpaired) electrons. The number of pyridine rings is 2. The monoisotopic (exact) mass is 630 g/mol. The molecule has 0 bridgehead atoms. The third kappa shape index (κ3) is 5.00.